The summed E-state index contributed by atoms with van der Waals surface area (Å²) in [5, 5.41) is 2.77. The van der Waals surface area contributed by atoms with E-state index in [-0.39, 0.29) is 18.0 Å². The monoisotopic (exact) mass is 287 g/mol. The highest BCUT2D eigenvalue weighted by atomic mass is 19.3. The Morgan fingerprint density at radius 3 is 2.60 bits per heavy atom. The van der Waals surface area contributed by atoms with Crippen LogP contribution in [0.2, 0.25) is 0 Å². The molecular formula is C13H15F2NO4. The first-order valence-electron chi connectivity index (χ1n) is 6.00. The number of anilines is 1. The van der Waals surface area contributed by atoms with E-state index in [0.29, 0.717) is 5.69 Å². The quantitative estimate of drug-likeness (QED) is 0.866. The summed E-state index contributed by atoms with van der Waals surface area (Å²) < 4.78 is 39.3. The first-order valence-corrected chi connectivity index (χ1v) is 6.00. The maximum atomic E-state index is 12.8. The van der Waals surface area contributed by atoms with E-state index < -0.39 is 17.9 Å². The Bertz CT molecular complexity index is 526. The summed E-state index contributed by atoms with van der Waals surface area (Å²) in [7, 11) is 0. The standard InChI is InChI=1S/C13H15F2NO4/c1-12(2,3)20-11(17)7-16-8-4-5-9-10(6-8)19-13(14,15)18-9/h4-6,16H,7H2,1-3H3. The molecule has 0 aromatic heterocycles. The van der Waals surface area contributed by atoms with Gasteiger partial charge in [-0.05, 0) is 32.9 Å². The molecule has 1 aromatic carbocycles. The van der Waals surface area contributed by atoms with Gasteiger partial charge in [0, 0.05) is 11.8 Å². The van der Waals surface area contributed by atoms with Gasteiger partial charge in [0.15, 0.2) is 11.5 Å². The molecule has 1 heterocycles. The second kappa shape index (κ2) is 4.81. The van der Waals surface area contributed by atoms with Gasteiger partial charge in [0.25, 0.3) is 0 Å². The number of benzene rings is 1. The van der Waals surface area contributed by atoms with Gasteiger partial charge in [0.05, 0.1) is 0 Å². The van der Waals surface area contributed by atoms with Crippen LogP contribution in [0.3, 0.4) is 0 Å². The highest BCUT2D eigenvalue weighted by Crippen LogP contribution is 2.42. The van der Waals surface area contributed by atoms with Gasteiger partial charge in [-0.25, -0.2) is 0 Å². The molecule has 2 rings (SSSR count). The van der Waals surface area contributed by atoms with Gasteiger partial charge in [-0.1, -0.05) is 0 Å². The Labute approximate surface area is 114 Å². The molecule has 7 heteroatoms. The number of fused-ring (bicyclic) bond motifs is 1. The number of ether oxygens (including phenoxy) is 3. The van der Waals surface area contributed by atoms with E-state index in [4.69, 9.17) is 4.74 Å². The molecule has 1 aromatic rings. The van der Waals surface area contributed by atoms with Crippen LogP contribution in [0.4, 0.5) is 14.5 Å². The van der Waals surface area contributed by atoms with Crippen LogP contribution >= 0.6 is 0 Å². The van der Waals surface area contributed by atoms with Crippen LogP contribution in [-0.4, -0.2) is 24.4 Å². The molecule has 0 aliphatic carbocycles. The van der Waals surface area contributed by atoms with E-state index in [0.717, 1.165) is 0 Å². The molecule has 0 saturated heterocycles. The molecule has 0 atom stereocenters. The van der Waals surface area contributed by atoms with E-state index >= 15 is 0 Å². The minimum atomic E-state index is -3.65. The number of carbonyl (C=O) groups is 1. The normalized spacial score (nSPS) is 15.8. The number of alkyl halides is 2. The Balaban J connectivity index is 1.94. The van der Waals surface area contributed by atoms with Crippen molar-refractivity contribution < 1.29 is 27.8 Å². The summed E-state index contributed by atoms with van der Waals surface area (Å²) in [6, 6.07) is 4.18. The van der Waals surface area contributed by atoms with Gasteiger partial charge < -0.3 is 19.5 Å². The van der Waals surface area contributed by atoms with E-state index in [1.165, 1.54) is 18.2 Å². The van der Waals surface area contributed by atoms with Crippen molar-refractivity contribution in [3.05, 3.63) is 18.2 Å². The van der Waals surface area contributed by atoms with E-state index in [2.05, 4.69) is 14.8 Å². The fourth-order valence-electron chi connectivity index (χ4n) is 1.61. The Morgan fingerprint density at radius 2 is 1.95 bits per heavy atom. The highest BCUT2D eigenvalue weighted by Gasteiger charge is 2.43. The molecule has 0 spiro atoms. The van der Waals surface area contributed by atoms with Crippen LogP contribution in [0.15, 0.2) is 18.2 Å². The van der Waals surface area contributed by atoms with Gasteiger partial charge in [-0.15, -0.1) is 8.78 Å². The van der Waals surface area contributed by atoms with Crippen LogP contribution in [-0.2, 0) is 9.53 Å². The lowest BCUT2D eigenvalue weighted by molar-refractivity contribution is -0.286. The molecule has 0 saturated carbocycles. The van der Waals surface area contributed by atoms with Crippen LogP contribution in [0.1, 0.15) is 20.8 Å². The van der Waals surface area contributed by atoms with Crippen molar-refractivity contribution in [2.75, 3.05) is 11.9 Å². The summed E-state index contributed by atoms with van der Waals surface area (Å²) in [4.78, 5) is 11.5. The Hall–Kier alpha value is -2.05. The number of rotatable bonds is 3. The first-order chi connectivity index (χ1) is 9.15. The minimum Gasteiger partial charge on any atom is -0.459 e. The lowest BCUT2D eigenvalue weighted by Gasteiger charge is -2.19. The third-order valence-corrected chi connectivity index (χ3v) is 2.26. The molecule has 5 nitrogen and oxygen atoms in total. The summed E-state index contributed by atoms with van der Waals surface area (Å²) in [5.74, 6) is -0.567. The van der Waals surface area contributed by atoms with Gasteiger partial charge in [-0.3, -0.25) is 4.79 Å². The fourth-order valence-corrected chi connectivity index (χ4v) is 1.61. The average molecular weight is 287 g/mol. The topological polar surface area (TPSA) is 56.8 Å². The third kappa shape index (κ3) is 3.72. The number of hydrogen-bond acceptors (Lipinski definition) is 5. The zero-order valence-electron chi connectivity index (χ0n) is 11.3. The minimum absolute atomic E-state index is 0.0437. The zero-order valence-corrected chi connectivity index (χ0v) is 11.3. The lowest BCUT2D eigenvalue weighted by Crippen LogP contribution is -2.28. The van der Waals surface area contributed by atoms with Crippen molar-refractivity contribution in [1.82, 2.24) is 0 Å². The number of hydrogen-bond donors (Lipinski definition) is 1. The molecule has 0 amide bonds. The van der Waals surface area contributed by atoms with Gasteiger partial charge >= 0.3 is 12.3 Å². The van der Waals surface area contributed by atoms with Crippen molar-refractivity contribution in [1.29, 1.82) is 0 Å². The molecule has 0 fully saturated rings. The number of halogens is 2. The molecule has 110 valence electrons. The molecular weight excluding hydrogens is 272 g/mol. The van der Waals surface area contributed by atoms with Crippen molar-refractivity contribution in [2.24, 2.45) is 0 Å². The number of carbonyl (C=O) groups excluding carboxylic acids is 1. The summed E-state index contributed by atoms with van der Waals surface area (Å²) in [6.45, 7) is 5.20. The van der Waals surface area contributed by atoms with Crippen LogP contribution in [0, 0.1) is 0 Å². The summed E-state index contributed by atoms with van der Waals surface area (Å²) in [5.41, 5.74) is -0.119. The number of esters is 1. The van der Waals surface area contributed by atoms with Gasteiger partial charge in [0.2, 0.25) is 0 Å². The lowest BCUT2D eigenvalue weighted by atomic mass is 10.2. The largest absolute Gasteiger partial charge is 0.586 e. The van der Waals surface area contributed by atoms with Crippen molar-refractivity contribution in [3.63, 3.8) is 0 Å². The second-order valence-corrected chi connectivity index (χ2v) is 5.27. The van der Waals surface area contributed by atoms with E-state index in [1.54, 1.807) is 20.8 Å². The summed E-state index contributed by atoms with van der Waals surface area (Å²) >= 11 is 0. The Kier molecular flexibility index (Phi) is 3.45. The van der Waals surface area contributed by atoms with Crippen LogP contribution in [0.5, 0.6) is 11.5 Å². The zero-order chi connectivity index (χ0) is 15.0. The Morgan fingerprint density at radius 1 is 1.30 bits per heavy atom. The highest BCUT2D eigenvalue weighted by molar-refractivity contribution is 5.75. The molecule has 1 N–H and O–H groups in total. The molecule has 20 heavy (non-hydrogen) atoms. The summed E-state index contributed by atoms with van der Waals surface area (Å²) in [6.07, 6.45) is -3.65. The van der Waals surface area contributed by atoms with Crippen molar-refractivity contribution in [3.8, 4) is 11.5 Å². The maximum absolute atomic E-state index is 12.8. The maximum Gasteiger partial charge on any atom is 0.586 e. The SMILES string of the molecule is CC(C)(C)OC(=O)CNc1ccc2c(c1)OC(F)(F)O2. The van der Waals surface area contributed by atoms with Gasteiger partial charge in [0.1, 0.15) is 12.1 Å². The second-order valence-electron chi connectivity index (χ2n) is 5.27. The van der Waals surface area contributed by atoms with Crippen molar-refractivity contribution >= 4 is 11.7 Å². The van der Waals surface area contributed by atoms with E-state index in [1.807, 2.05) is 0 Å². The molecule has 0 bridgehead atoms. The predicted molar refractivity (Wildman–Crippen MR) is 67.0 cm³/mol. The van der Waals surface area contributed by atoms with Crippen LogP contribution < -0.4 is 14.8 Å². The molecule has 0 radical (unpaired) electrons. The smallest absolute Gasteiger partial charge is 0.459 e. The first kappa shape index (κ1) is 14.4. The molecule has 1 aliphatic rings. The van der Waals surface area contributed by atoms with Crippen LogP contribution in [0.25, 0.3) is 0 Å². The number of nitrogens with one attached hydrogen (secondary N) is 1. The molecule has 1 aliphatic heterocycles. The van der Waals surface area contributed by atoms with Crippen molar-refractivity contribution in [2.45, 2.75) is 32.7 Å². The van der Waals surface area contributed by atoms with E-state index in [9.17, 15) is 13.6 Å². The van der Waals surface area contributed by atoms with Gasteiger partial charge in [-0.2, -0.15) is 0 Å². The predicted octanol–water partition coefficient (Wildman–Crippen LogP) is 2.76. The third-order valence-electron chi connectivity index (χ3n) is 2.26. The average Bonchev–Trinajstić information content (AvgIpc) is 2.57. The molecule has 0 unspecified atom stereocenters. The fraction of sp³-hybridized carbons (Fsp3) is 0.462.